The van der Waals surface area contributed by atoms with E-state index < -0.39 is 6.10 Å². The van der Waals surface area contributed by atoms with E-state index in [1.54, 1.807) is 18.2 Å². The van der Waals surface area contributed by atoms with Crippen molar-refractivity contribution in [2.24, 2.45) is 0 Å². The predicted octanol–water partition coefficient (Wildman–Crippen LogP) is 5.03. The Hall–Kier alpha value is -0.540. The second-order valence-corrected chi connectivity index (χ2v) is 5.69. The number of rotatable bonds is 3. The Kier molecular flexibility index (Phi) is 4.68. The van der Waals surface area contributed by atoms with Crippen molar-refractivity contribution in [2.45, 2.75) is 12.5 Å². The Morgan fingerprint density at radius 3 is 2.39 bits per heavy atom. The van der Waals surface area contributed by atoms with Gasteiger partial charge in [-0.1, -0.05) is 63.4 Å². The molecule has 0 bridgehead atoms. The molecule has 0 aromatic heterocycles. The van der Waals surface area contributed by atoms with Crippen LogP contribution in [0.3, 0.4) is 0 Å². The van der Waals surface area contributed by atoms with E-state index in [9.17, 15) is 5.11 Å². The highest BCUT2D eigenvalue weighted by molar-refractivity contribution is 9.10. The van der Waals surface area contributed by atoms with Gasteiger partial charge in [0.1, 0.15) is 0 Å². The SMILES string of the molecule is OC(Cc1ccc(Br)cc1)c1cccc(Cl)c1Cl. The third-order valence-electron chi connectivity index (χ3n) is 2.68. The molecule has 4 heteroatoms. The summed E-state index contributed by atoms with van der Waals surface area (Å²) >= 11 is 15.4. The zero-order valence-electron chi connectivity index (χ0n) is 9.41. The normalized spacial score (nSPS) is 12.4. The molecule has 1 unspecified atom stereocenters. The molecule has 18 heavy (non-hydrogen) atoms. The van der Waals surface area contributed by atoms with Crippen molar-refractivity contribution in [3.8, 4) is 0 Å². The van der Waals surface area contributed by atoms with E-state index in [2.05, 4.69) is 15.9 Å². The molecule has 0 aliphatic rings. The largest absolute Gasteiger partial charge is 0.388 e. The Morgan fingerprint density at radius 1 is 1.06 bits per heavy atom. The van der Waals surface area contributed by atoms with Gasteiger partial charge in [-0.05, 0) is 23.8 Å². The van der Waals surface area contributed by atoms with Crippen molar-refractivity contribution in [1.82, 2.24) is 0 Å². The maximum Gasteiger partial charge on any atom is 0.0845 e. The maximum atomic E-state index is 10.2. The molecule has 0 fully saturated rings. The summed E-state index contributed by atoms with van der Waals surface area (Å²) in [7, 11) is 0. The average molecular weight is 346 g/mol. The van der Waals surface area contributed by atoms with Crippen molar-refractivity contribution >= 4 is 39.1 Å². The third kappa shape index (κ3) is 3.27. The van der Waals surface area contributed by atoms with Gasteiger partial charge in [-0.3, -0.25) is 0 Å². The molecule has 0 saturated carbocycles. The summed E-state index contributed by atoms with van der Waals surface area (Å²) in [6.07, 6.45) is -0.148. The zero-order valence-corrected chi connectivity index (χ0v) is 12.5. The van der Waals surface area contributed by atoms with Crippen molar-refractivity contribution in [1.29, 1.82) is 0 Å². The lowest BCUT2D eigenvalue weighted by atomic mass is 10.0. The van der Waals surface area contributed by atoms with Gasteiger partial charge in [-0.15, -0.1) is 0 Å². The van der Waals surface area contributed by atoms with Crippen LogP contribution >= 0.6 is 39.1 Å². The average Bonchev–Trinajstić information content (AvgIpc) is 2.35. The van der Waals surface area contributed by atoms with E-state index in [0.29, 0.717) is 22.0 Å². The molecule has 0 aliphatic heterocycles. The molecular formula is C14H11BrCl2O. The lowest BCUT2D eigenvalue weighted by Crippen LogP contribution is -2.02. The number of aliphatic hydroxyl groups is 1. The van der Waals surface area contributed by atoms with Gasteiger partial charge in [0, 0.05) is 16.5 Å². The van der Waals surface area contributed by atoms with Crippen LogP contribution in [0.25, 0.3) is 0 Å². The summed E-state index contributed by atoms with van der Waals surface area (Å²) in [5.74, 6) is 0. The monoisotopic (exact) mass is 344 g/mol. The summed E-state index contributed by atoms with van der Waals surface area (Å²) in [6.45, 7) is 0. The number of hydrogen-bond donors (Lipinski definition) is 1. The van der Waals surface area contributed by atoms with E-state index in [-0.39, 0.29) is 0 Å². The molecule has 0 heterocycles. The summed E-state index contributed by atoms with van der Waals surface area (Å²) in [5.41, 5.74) is 1.70. The first-order valence-electron chi connectivity index (χ1n) is 5.44. The van der Waals surface area contributed by atoms with Crippen LogP contribution in [-0.2, 0) is 6.42 Å². The molecule has 0 radical (unpaired) electrons. The van der Waals surface area contributed by atoms with Crippen molar-refractivity contribution < 1.29 is 5.11 Å². The fraction of sp³-hybridized carbons (Fsp3) is 0.143. The van der Waals surface area contributed by atoms with Gasteiger partial charge in [-0.25, -0.2) is 0 Å². The number of aliphatic hydroxyl groups excluding tert-OH is 1. The lowest BCUT2D eigenvalue weighted by Gasteiger charge is -2.13. The fourth-order valence-corrected chi connectivity index (χ4v) is 2.43. The van der Waals surface area contributed by atoms with E-state index in [0.717, 1.165) is 10.0 Å². The first-order chi connectivity index (χ1) is 8.58. The molecule has 1 N–H and O–H groups in total. The highest BCUT2D eigenvalue weighted by Gasteiger charge is 2.14. The van der Waals surface area contributed by atoms with E-state index in [1.165, 1.54) is 0 Å². The third-order valence-corrected chi connectivity index (χ3v) is 4.04. The second kappa shape index (κ2) is 6.07. The molecule has 1 nitrogen and oxygen atoms in total. The molecule has 2 aromatic rings. The Balaban J connectivity index is 2.19. The van der Waals surface area contributed by atoms with Gasteiger partial charge in [0.2, 0.25) is 0 Å². The Morgan fingerprint density at radius 2 is 1.72 bits per heavy atom. The maximum absolute atomic E-state index is 10.2. The van der Waals surface area contributed by atoms with Crippen molar-refractivity contribution in [2.75, 3.05) is 0 Å². The number of hydrogen-bond acceptors (Lipinski definition) is 1. The summed E-state index contributed by atoms with van der Waals surface area (Å²) in [5, 5.41) is 11.1. The van der Waals surface area contributed by atoms with Gasteiger partial charge in [0.15, 0.2) is 0 Å². The van der Waals surface area contributed by atoms with Gasteiger partial charge < -0.3 is 5.11 Å². The van der Waals surface area contributed by atoms with Gasteiger partial charge >= 0.3 is 0 Å². The quantitative estimate of drug-likeness (QED) is 0.826. The highest BCUT2D eigenvalue weighted by atomic mass is 79.9. The minimum Gasteiger partial charge on any atom is -0.388 e. The molecule has 1 atom stereocenters. The van der Waals surface area contributed by atoms with Crippen LogP contribution in [0.15, 0.2) is 46.9 Å². The molecular weight excluding hydrogens is 335 g/mol. The van der Waals surface area contributed by atoms with Crippen molar-refractivity contribution in [3.63, 3.8) is 0 Å². The fourth-order valence-electron chi connectivity index (χ4n) is 1.73. The highest BCUT2D eigenvalue weighted by Crippen LogP contribution is 2.31. The molecule has 0 amide bonds. The zero-order chi connectivity index (χ0) is 13.1. The van der Waals surface area contributed by atoms with Crippen LogP contribution in [0.1, 0.15) is 17.2 Å². The van der Waals surface area contributed by atoms with E-state index in [1.807, 2.05) is 24.3 Å². The Bertz CT molecular complexity index is 540. The molecule has 0 spiro atoms. The number of benzene rings is 2. The number of halogens is 3. The Labute approximate surface area is 124 Å². The molecule has 0 aliphatic carbocycles. The van der Waals surface area contributed by atoms with Gasteiger partial charge in [0.05, 0.1) is 16.1 Å². The summed E-state index contributed by atoms with van der Waals surface area (Å²) < 4.78 is 1.02. The minimum atomic E-state index is -0.655. The van der Waals surface area contributed by atoms with Gasteiger partial charge in [0.25, 0.3) is 0 Å². The molecule has 0 saturated heterocycles. The lowest BCUT2D eigenvalue weighted by molar-refractivity contribution is 0.178. The van der Waals surface area contributed by atoms with E-state index in [4.69, 9.17) is 23.2 Å². The smallest absolute Gasteiger partial charge is 0.0845 e. The van der Waals surface area contributed by atoms with Crippen LogP contribution in [0.2, 0.25) is 10.0 Å². The van der Waals surface area contributed by atoms with Crippen LogP contribution in [-0.4, -0.2) is 5.11 Å². The first kappa shape index (κ1) is 13.9. The second-order valence-electron chi connectivity index (χ2n) is 3.99. The van der Waals surface area contributed by atoms with E-state index >= 15 is 0 Å². The standard InChI is InChI=1S/C14H11BrCl2O/c15-10-6-4-9(5-7-10)8-13(18)11-2-1-3-12(16)14(11)17/h1-7,13,18H,8H2. The van der Waals surface area contributed by atoms with Gasteiger partial charge in [-0.2, -0.15) is 0 Å². The van der Waals surface area contributed by atoms with Crippen LogP contribution < -0.4 is 0 Å². The predicted molar refractivity (Wildman–Crippen MR) is 79.3 cm³/mol. The van der Waals surface area contributed by atoms with Crippen LogP contribution in [0, 0.1) is 0 Å². The minimum absolute atomic E-state index is 0.420. The summed E-state index contributed by atoms with van der Waals surface area (Å²) in [4.78, 5) is 0. The molecule has 2 rings (SSSR count). The van der Waals surface area contributed by atoms with Crippen LogP contribution in [0.5, 0.6) is 0 Å². The summed E-state index contributed by atoms with van der Waals surface area (Å²) in [6, 6.07) is 13.1. The topological polar surface area (TPSA) is 20.2 Å². The molecule has 2 aromatic carbocycles. The van der Waals surface area contributed by atoms with Crippen LogP contribution in [0.4, 0.5) is 0 Å². The first-order valence-corrected chi connectivity index (χ1v) is 6.99. The van der Waals surface area contributed by atoms with Crippen molar-refractivity contribution in [3.05, 3.63) is 68.1 Å². The molecule has 94 valence electrons.